The van der Waals surface area contributed by atoms with E-state index in [2.05, 4.69) is 5.32 Å². The van der Waals surface area contributed by atoms with E-state index in [1.807, 2.05) is 13.8 Å². The fourth-order valence-electron chi connectivity index (χ4n) is 3.48. The molecule has 0 spiro atoms. The SMILES string of the molecule is CC(C)N(C)S(=O)(=O)c1ccc(CNC(=O)CC(C2CC2)C2CC2)cc1. The van der Waals surface area contributed by atoms with E-state index in [0.717, 1.165) is 17.4 Å². The van der Waals surface area contributed by atoms with Crippen LogP contribution in [-0.4, -0.2) is 31.7 Å². The number of nitrogens with zero attached hydrogens (tertiary/aromatic N) is 1. The van der Waals surface area contributed by atoms with E-state index in [4.69, 9.17) is 0 Å². The predicted octanol–water partition coefficient (Wildman–Crippen LogP) is 3.16. The molecule has 6 heteroatoms. The third-order valence-corrected chi connectivity index (χ3v) is 7.74. The summed E-state index contributed by atoms with van der Waals surface area (Å²) in [6, 6.07) is 6.70. The molecule has 26 heavy (non-hydrogen) atoms. The van der Waals surface area contributed by atoms with Crippen LogP contribution >= 0.6 is 0 Å². The molecule has 5 nitrogen and oxygen atoms in total. The molecule has 144 valence electrons. The number of amides is 1. The molecule has 0 heterocycles. The van der Waals surface area contributed by atoms with Gasteiger partial charge in [0.15, 0.2) is 0 Å². The molecule has 2 fully saturated rings. The number of benzene rings is 1. The number of hydrogen-bond acceptors (Lipinski definition) is 3. The van der Waals surface area contributed by atoms with Crippen molar-refractivity contribution in [3.8, 4) is 0 Å². The molecule has 0 saturated heterocycles. The van der Waals surface area contributed by atoms with Gasteiger partial charge < -0.3 is 5.32 Å². The molecule has 2 aliphatic carbocycles. The number of rotatable bonds is 9. The maximum absolute atomic E-state index is 12.5. The van der Waals surface area contributed by atoms with Crippen LogP contribution in [0.25, 0.3) is 0 Å². The second-order valence-electron chi connectivity index (χ2n) is 8.08. The second-order valence-corrected chi connectivity index (χ2v) is 10.1. The third kappa shape index (κ3) is 4.65. The maximum Gasteiger partial charge on any atom is 0.243 e. The lowest BCUT2D eigenvalue weighted by atomic mass is 9.94. The lowest BCUT2D eigenvalue weighted by molar-refractivity contribution is -0.122. The lowest BCUT2D eigenvalue weighted by Gasteiger charge is -2.21. The fourth-order valence-corrected chi connectivity index (χ4v) is 4.84. The normalized spacial score (nSPS) is 17.9. The summed E-state index contributed by atoms with van der Waals surface area (Å²) in [6.07, 6.45) is 5.79. The van der Waals surface area contributed by atoms with Gasteiger partial charge in [0.2, 0.25) is 15.9 Å². The molecule has 3 rings (SSSR count). The average Bonchev–Trinajstić information content (AvgIpc) is 3.50. The Balaban J connectivity index is 1.53. The number of hydrogen-bond donors (Lipinski definition) is 1. The standard InChI is InChI=1S/C20H30N2O3S/c1-14(2)22(3)26(24,25)18-10-4-15(5-11-18)13-21-20(23)12-19(16-6-7-16)17-8-9-17/h4-5,10-11,14,16-17,19H,6-9,12-13H2,1-3H3,(H,21,23). The van der Waals surface area contributed by atoms with E-state index >= 15 is 0 Å². The zero-order valence-corrected chi connectivity index (χ0v) is 16.8. The van der Waals surface area contributed by atoms with Crippen LogP contribution in [0, 0.1) is 17.8 Å². The first-order valence-electron chi connectivity index (χ1n) is 9.62. The van der Waals surface area contributed by atoms with Crippen molar-refractivity contribution >= 4 is 15.9 Å². The Morgan fingerprint density at radius 1 is 1.12 bits per heavy atom. The molecular formula is C20H30N2O3S. The Hall–Kier alpha value is -1.40. The summed E-state index contributed by atoms with van der Waals surface area (Å²) in [7, 11) is -1.87. The number of carbonyl (C=O) groups is 1. The van der Waals surface area contributed by atoms with E-state index in [0.29, 0.717) is 18.9 Å². The Morgan fingerprint density at radius 3 is 2.12 bits per heavy atom. The summed E-state index contributed by atoms with van der Waals surface area (Å²) in [4.78, 5) is 12.6. The van der Waals surface area contributed by atoms with Crippen LogP contribution in [0.1, 0.15) is 51.5 Å². The largest absolute Gasteiger partial charge is 0.352 e. The van der Waals surface area contributed by atoms with Gasteiger partial charge in [0.25, 0.3) is 0 Å². The van der Waals surface area contributed by atoms with E-state index < -0.39 is 10.0 Å². The van der Waals surface area contributed by atoms with Crippen molar-refractivity contribution in [1.29, 1.82) is 0 Å². The summed E-state index contributed by atoms with van der Waals surface area (Å²) >= 11 is 0. The van der Waals surface area contributed by atoms with Gasteiger partial charge in [-0.05, 0) is 75.0 Å². The van der Waals surface area contributed by atoms with E-state index in [-0.39, 0.29) is 16.8 Å². The predicted molar refractivity (Wildman–Crippen MR) is 102 cm³/mol. The molecule has 2 saturated carbocycles. The van der Waals surface area contributed by atoms with Crippen molar-refractivity contribution in [3.63, 3.8) is 0 Å². The number of carbonyl (C=O) groups excluding carboxylic acids is 1. The van der Waals surface area contributed by atoms with Crippen LogP contribution in [0.15, 0.2) is 29.2 Å². The molecule has 0 aliphatic heterocycles. The number of nitrogens with one attached hydrogen (secondary N) is 1. The minimum Gasteiger partial charge on any atom is -0.352 e. The van der Waals surface area contributed by atoms with Crippen LogP contribution in [0.2, 0.25) is 0 Å². The molecule has 0 unspecified atom stereocenters. The smallest absolute Gasteiger partial charge is 0.243 e. The molecule has 0 aromatic heterocycles. The van der Waals surface area contributed by atoms with E-state index in [9.17, 15) is 13.2 Å². The Labute approximate surface area is 157 Å². The molecule has 0 radical (unpaired) electrons. The summed E-state index contributed by atoms with van der Waals surface area (Å²) in [5.41, 5.74) is 0.916. The molecule has 1 N–H and O–H groups in total. The van der Waals surface area contributed by atoms with Crippen molar-refractivity contribution in [2.24, 2.45) is 17.8 Å². The molecule has 1 amide bonds. The number of sulfonamides is 1. The average molecular weight is 379 g/mol. The zero-order chi connectivity index (χ0) is 18.9. The van der Waals surface area contributed by atoms with E-state index in [1.54, 1.807) is 31.3 Å². The Kier molecular flexibility index (Phi) is 5.72. The highest BCUT2D eigenvalue weighted by Gasteiger charge is 2.42. The monoisotopic (exact) mass is 378 g/mol. The quantitative estimate of drug-likeness (QED) is 0.718. The van der Waals surface area contributed by atoms with Crippen LogP contribution in [0.4, 0.5) is 0 Å². The first-order chi connectivity index (χ1) is 12.3. The van der Waals surface area contributed by atoms with Crippen molar-refractivity contribution in [2.75, 3.05) is 7.05 Å². The Morgan fingerprint density at radius 2 is 1.65 bits per heavy atom. The van der Waals surface area contributed by atoms with Crippen LogP contribution in [0.3, 0.4) is 0 Å². The van der Waals surface area contributed by atoms with Crippen molar-refractivity contribution in [2.45, 2.75) is 63.4 Å². The topological polar surface area (TPSA) is 66.5 Å². The molecule has 0 bridgehead atoms. The van der Waals surface area contributed by atoms with Crippen LogP contribution < -0.4 is 5.32 Å². The molecule has 1 aromatic carbocycles. The molecule has 1 aromatic rings. The summed E-state index contributed by atoms with van der Waals surface area (Å²) in [5.74, 6) is 2.24. The highest BCUT2D eigenvalue weighted by atomic mass is 32.2. The molecular weight excluding hydrogens is 348 g/mol. The summed E-state index contributed by atoms with van der Waals surface area (Å²) < 4.78 is 26.3. The lowest BCUT2D eigenvalue weighted by Crippen LogP contribution is -2.33. The second kappa shape index (κ2) is 7.69. The van der Waals surface area contributed by atoms with Gasteiger partial charge in [-0.2, -0.15) is 4.31 Å². The van der Waals surface area contributed by atoms with Gasteiger partial charge in [-0.25, -0.2) is 8.42 Å². The van der Waals surface area contributed by atoms with Crippen molar-refractivity contribution in [3.05, 3.63) is 29.8 Å². The highest BCUT2D eigenvalue weighted by Crippen LogP contribution is 2.50. The van der Waals surface area contributed by atoms with Gasteiger partial charge in [-0.1, -0.05) is 12.1 Å². The van der Waals surface area contributed by atoms with Gasteiger partial charge in [-0.15, -0.1) is 0 Å². The van der Waals surface area contributed by atoms with E-state index in [1.165, 1.54) is 30.0 Å². The van der Waals surface area contributed by atoms with Gasteiger partial charge in [0.05, 0.1) is 4.90 Å². The minimum absolute atomic E-state index is 0.0927. The van der Waals surface area contributed by atoms with Crippen LogP contribution in [0.5, 0.6) is 0 Å². The van der Waals surface area contributed by atoms with Gasteiger partial charge in [-0.3, -0.25) is 4.79 Å². The summed E-state index contributed by atoms with van der Waals surface area (Å²) in [5, 5.41) is 3.00. The third-order valence-electron chi connectivity index (χ3n) is 5.69. The van der Waals surface area contributed by atoms with Gasteiger partial charge in [0, 0.05) is 26.1 Å². The van der Waals surface area contributed by atoms with Gasteiger partial charge in [0.1, 0.15) is 0 Å². The highest BCUT2D eigenvalue weighted by molar-refractivity contribution is 7.89. The van der Waals surface area contributed by atoms with Crippen molar-refractivity contribution < 1.29 is 13.2 Å². The zero-order valence-electron chi connectivity index (χ0n) is 15.9. The van der Waals surface area contributed by atoms with Crippen molar-refractivity contribution in [1.82, 2.24) is 9.62 Å². The maximum atomic E-state index is 12.5. The first-order valence-corrected chi connectivity index (χ1v) is 11.1. The molecule has 2 aliphatic rings. The summed E-state index contributed by atoms with van der Waals surface area (Å²) in [6.45, 7) is 4.14. The minimum atomic E-state index is -3.46. The van der Waals surface area contributed by atoms with Crippen LogP contribution in [-0.2, 0) is 21.4 Å². The fraction of sp³-hybridized carbons (Fsp3) is 0.650. The molecule has 0 atom stereocenters. The van der Waals surface area contributed by atoms with Gasteiger partial charge >= 0.3 is 0 Å². The first kappa shape index (κ1) is 19.4. The Bertz CT molecular complexity index is 723.